The van der Waals surface area contributed by atoms with Gasteiger partial charge in [0.2, 0.25) is 5.16 Å². The molecule has 0 aliphatic carbocycles. The lowest BCUT2D eigenvalue weighted by Crippen LogP contribution is -2.06. The van der Waals surface area contributed by atoms with E-state index in [0.29, 0.717) is 15.9 Å². The summed E-state index contributed by atoms with van der Waals surface area (Å²) in [6, 6.07) is 7.06. The normalized spacial score (nSPS) is 11.7. The van der Waals surface area contributed by atoms with E-state index in [1.54, 1.807) is 28.9 Å². The average Bonchev–Trinajstić information content (AvgIpc) is 2.77. The lowest BCUT2D eigenvalue weighted by Gasteiger charge is -2.03. The molecule has 0 aliphatic rings. The van der Waals surface area contributed by atoms with Gasteiger partial charge in [0.15, 0.2) is 0 Å². The summed E-state index contributed by atoms with van der Waals surface area (Å²) in [6.45, 7) is 0. The monoisotopic (exact) mass is 318 g/mol. The molecule has 0 radical (unpaired) electrons. The number of nitrogens with zero attached hydrogens (tertiary/aromatic N) is 4. The molecule has 2 rings (SSSR count). The molecule has 102 valence electrons. The van der Waals surface area contributed by atoms with Gasteiger partial charge in [-0.2, -0.15) is 4.68 Å². The van der Waals surface area contributed by atoms with Crippen LogP contribution in [0.5, 0.6) is 0 Å². The van der Waals surface area contributed by atoms with Gasteiger partial charge in [0.1, 0.15) is 9.84 Å². The molecule has 0 N–H and O–H groups in total. The summed E-state index contributed by atoms with van der Waals surface area (Å²) in [7, 11) is -2.98. The topological polar surface area (TPSA) is 77.7 Å². The molecule has 9 heteroatoms. The van der Waals surface area contributed by atoms with Gasteiger partial charge in [-0.15, -0.1) is 5.10 Å². The summed E-state index contributed by atoms with van der Waals surface area (Å²) in [5.41, 5.74) is 0.774. The van der Waals surface area contributed by atoms with Crippen molar-refractivity contribution in [1.29, 1.82) is 0 Å². The second kappa shape index (κ2) is 5.89. The third kappa shape index (κ3) is 4.19. The van der Waals surface area contributed by atoms with Crippen molar-refractivity contribution in [2.75, 3.05) is 17.8 Å². The zero-order chi connectivity index (χ0) is 13.9. The van der Waals surface area contributed by atoms with Gasteiger partial charge in [-0.05, 0) is 34.7 Å². The first-order valence-corrected chi connectivity index (χ1v) is 8.73. The Morgan fingerprint density at radius 3 is 2.63 bits per heavy atom. The van der Waals surface area contributed by atoms with Crippen LogP contribution in [0.15, 0.2) is 29.4 Å². The summed E-state index contributed by atoms with van der Waals surface area (Å²) in [5.74, 6) is 0.498. The van der Waals surface area contributed by atoms with Crippen LogP contribution in [0.1, 0.15) is 0 Å². The molecule has 6 nitrogen and oxygen atoms in total. The standard InChI is InChI=1S/C10H11ClN4O2S2/c1-19(16,17)7-6-18-10-12-13-14-15(10)9-4-2-8(11)3-5-9/h2-5H,6-7H2,1H3. The van der Waals surface area contributed by atoms with Crippen molar-refractivity contribution in [2.24, 2.45) is 0 Å². The Hall–Kier alpha value is -1.12. The van der Waals surface area contributed by atoms with E-state index in [2.05, 4.69) is 15.5 Å². The zero-order valence-corrected chi connectivity index (χ0v) is 12.4. The Labute approximate surface area is 120 Å². The Morgan fingerprint density at radius 2 is 2.00 bits per heavy atom. The van der Waals surface area contributed by atoms with Crippen molar-refractivity contribution in [3.63, 3.8) is 0 Å². The minimum atomic E-state index is -2.98. The molecule has 1 aromatic heterocycles. The summed E-state index contributed by atoms with van der Waals surface area (Å²) in [6.07, 6.45) is 1.20. The molecule has 0 atom stereocenters. The third-order valence-electron chi connectivity index (χ3n) is 2.20. The maximum Gasteiger partial charge on any atom is 0.214 e. The van der Waals surface area contributed by atoms with Gasteiger partial charge in [-0.3, -0.25) is 0 Å². The van der Waals surface area contributed by atoms with Crippen LogP contribution in [0.2, 0.25) is 5.02 Å². The minimum Gasteiger partial charge on any atom is -0.229 e. The highest BCUT2D eigenvalue weighted by Gasteiger charge is 2.10. The molecule has 0 saturated carbocycles. The van der Waals surface area contributed by atoms with E-state index >= 15 is 0 Å². The third-order valence-corrected chi connectivity index (χ3v) is 4.57. The molecule has 2 aromatic rings. The van der Waals surface area contributed by atoms with Crippen molar-refractivity contribution in [2.45, 2.75) is 5.16 Å². The second-order valence-corrected chi connectivity index (χ2v) is 7.59. The molecule has 0 fully saturated rings. The lowest BCUT2D eigenvalue weighted by atomic mass is 10.3. The molecule has 0 aliphatic heterocycles. The van der Waals surface area contributed by atoms with Crippen LogP contribution in [-0.2, 0) is 9.84 Å². The van der Waals surface area contributed by atoms with E-state index in [1.807, 2.05) is 0 Å². The number of tetrazole rings is 1. The minimum absolute atomic E-state index is 0.0884. The van der Waals surface area contributed by atoms with E-state index in [0.717, 1.165) is 5.69 Å². The van der Waals surface area contributed by atoms with Crippen LogP contribution >= 0.6 is 23.4 Å². The highest BCUT2D eigenvalue weighted by Crippen LogP contribution is 2.19. The first-order chi connectivity index (χ1) is 8.96. The van der Waals surface area contributed by atoms with E-state index < -0.39 is 9.84 Å². The Morgan fingerprint density at radius 1 is 1.32 bits per heavy atom. The first kappa shape index (κ1) is 14.3. The molecule has 19 heavy (non-hydrogen) atoms. The molecule has 0 saturated heterocycles. The van der Waals surface area contributed by atoms with E-state index in [9.17, 15) is 8.42 Å². The van der Waals surface area contributed by atoms with E-state index in [1.165, 1.54) is 18.0 Å². The van der Waals surface area contributed by atoms with Crippen LogP contribution in [0, 0.1) is 0 Å². The predicted octanol–water partition coefficient (Wildman–Crippen LogP) is 1.45. The molecule has 0 spiro atoms. The van der Waals surface area contributed by atoms with Crippen LogP contribution in [0.25, 0.3) is 5.69 Å². The van der Waals surface area contributed by atoms with Gasteiger partial charge in [0.05, 0.1) is 11.4 Å². The average molecular weight is 319 g/mol. The Balaban J connectivity index is 2.12. The summed E-state index contributed by atoms with van der Waals surface area (Å²) >= 11 is 7.11. The second-order valence-electron chi connectivity index (χ2n) is 3.83. The quantitative estimate of drug-likeness (QED) is 0.777. The van der Waals surface area contributed by atoms with Crippen molar-refractivity contribution >= 4 is 33.2 Å². The van der Waals surface area contributed by atoms with Crippen LogP contribution < -0.4 is 0 Å². The van der Waals surface area contributed by atoms with Gasteiger partial charge < -0.3 is 0 Å². The Bertz CT molecular complexity index is 654. The van der Waals surface area contributed by atoms with Gasteiger partial charge in [-0.1, -0.05) is 23.4 Å². The van der Waals surface area contributed by atoms with Crippen molar-refractivity contribution in [3.8, 4) is 5.69 Å². The van der Waals surface area contributed by atoms with Crippen molar-refractivity contribution in [3.05, 3.63) is 29.3 Å². The maximum absolute atomic E-state index is 11.1. The summed E-state index contributed by atoms with van der Waals surface area (Å²) in [5, 5.41) is 12.5. The van der Waals surface area contributed by atoms with E-state index in [4.69, 9.17) is 11.6 Å². The molecular weight excluding hydrogens is 308 g/mol. The molecule has 0 bridgehead atoms. The number of rotatable bonds is 5. The highest BCUT2D eigenvalue weighted by molar-refractivity contribution is 8.00. The number of hydrogen-bond donors (Lipinski definition) is 0. The van der Waals surface area contributed by atoms with Crippen molar-refractivity contribution < 1.29 is 8.42 Å². The number of aromatic nitrogens is 4. The SMILES string of the molecule is CS(=O)(=O)CCSc1nnnn1-c1ccc(Cl)cc1. The lowest BCUT2D eigenvalue weighted by molar-refractivity contribution is 0.603. The molecule has 1 heterocycles. The fourth-order valence-electron chi connectivity index (χ4n) is 1.30. The zero-order valence-electron chi connectivity index (χ0n) is 10.0. The number of halogens is 1. The van der Waals surface area contributed by atoms with Gasteiger partial charge in [-0.25, -0.2) is 8.42 Å². The summed E-state index contributed by atoms with van der Waals surface area (Å²) in [4.78, 5) is 0. The fraction of sp³-hybridized carbons (Fsp3) is 0.300. The largest absolute Gasteiger partial charge is 0.229 e. The number of sulfone groups is 1. The highest BCUT2D eigenvalue weighted by atomic mass is 35.5. The van der Waals surface area contributed by atoms with E-state index in [-0.39, 0.29) is 5.75 Å². The Kier molecular flexibility index (Phi) is 4.43. The molecule has 1 aromatic carbocycles. The van der Waals surface area contributed by atoms with Gasteiger partial charge in [0, 0.05) is 17.0 Å². The number of benzene rings is 1. The molecule has 0 amide bonds. The fourth-order valence-corrected chi connectivity index (χ4v) is 3.51. The van der Waals surface area contributed by atoms with Crippen LogP contribution in [-0.4, -0.2) is 46.4 Å². The van der Waals surface area contributed by atoms with Gasteiger partial charge >= 0.3 is 0 Å². The number of hydrogen-bond acceptors (Lipinski definition) is 6. The van der Waals surface area contributed by atoms with Crippen LogP contribution in [0.4, 0.5) is 0 Å². The molecule has 0 unspecified atom stereocenters. The van der Waals surface area contributed by atoms with Crippen molar-refractivity contribution in [1.82, 2.24) is 20.2 Å². The van der Waals surface area contributed by atoms with Crippen LogP contribution in [0.3, 0.4) is 0 Å². The maximum atomic E-state index is 11.1. The predicted molar refractivity (Wildman–Crippen MR) is 74.6 cm³/mol. The number of thioether (sulfide) groups is 1. The smallest absolute Gasteiger partial charge is 0.214 e. The first-order valence-electron chi connectivity index (χ1n) is 5.30. The summed E-state index contributed by atoms with van der Waals surface area (Å²) < 4.78 is 23.7. The molecular formula is C10H11ClN4O2S2. The van der Waals surface area contributed by atoms with Gasteiger partial charge in [0.25, 0.3) is 0 Å².